The lowest BCUT2D eigenvalue weighted by molar-refractivity contribution is 0.271. The minimum absolute atomic E-state index is 0.0282. The molecule has 2 unspecified atom stereocenters. The molecule has 0 amide bonds. The van der Waals surface area contributed by atoms with Crippen LogP contribution in [0.5, 0.6) is 5.75 Å². The molecule has 2 atom stereocenters. The van der Waals surface area contributed by atoms with Crippen LogP contribution in [0.4, 0.5) is 0 Å². The molecule has 0 radical (unpaired) electrons. The molecule has 2 aromatic carbocycles. The summed E-state index contributed by atoms with van der Waals surface area (Å²) < 4.78 is 27.3. The summed E-state index contributed by atoms with van der Waals surface area (Å²) in [6.45, 7) is 6.44. The largest absolute Gasteiger partial charge is 0.772 e. The quantitative estimate of drug-likeness (QED) is 0.452. The highest BCUT2D eigenvalue weighted by Crippen LogP contribution is 2.31. The first kappa shape index (κ1) is 20.1. The van der Waals surface area contributed by atoms with Crippen molar-refractivity contribution >= 4 is 27.0 Å². The molecule has 2 rings (SSSR count). The molecule has 0 heterocycles. The Labute approximate surface area is 161 Å². The molecule has 0 aliphatic rings. The summed E-state index contributed by atoms with van der Waals surface area (Å²) in [4.78, 5) is 0. The second-order valence-electron chi connectivity index (χ2n) is 6.46. The maximum absolute atomic E-state index is 10.7. The van der Waals surface area contributed by atoms with E-state index in [2.05, 4.69) is 54.0 Å². The standard InChI is InChI=1S/C20H25BrO3S/c1-14(13-25(22)23)12-24-19-9-15(2)20(16(3)10-19)18-6-4-5-17(11-18)7-8-21/h4-6,9-11,14H,7-8,12-13H2,1-3H3,(H,22,23)/p-1. The van der Waals surface area contributed by atoms with Gasteiger partial charge in [0.25, 0.3) is 0 Å². The van der Waals surface area contributed by atoms with E-state index in [1.54, 1.807) is 0 Å². The van der Waals surface area contributed by atoms with Crippen LogP contribution in [0.1, 0.15) is 23.6 Å². The highest BCUT2D eigenvalue weighted by atomic mass is 79.9. The van der Waals surface area contributed by atoms with Gasteiger partial charge in [-0.1, -0.05) is 58.2 Å². The van der Waals surface area contributed by atoms with Crippen molar-refractivity contribution in [1.29, 1.82) is 0 Å². The molecule has 0 aliphatic heterocycles. The number of ether oxygens (including phenoxy) is 1. The molecule has 2 aromatic rings. The van der Waals surface area contributed by atoms with Crippen molar-refractivity contribution in [2.45, 2.75) is 27.2 Å². The average Bonchev–Trinajstić information content (AvgIpc) is 2.52. The van der Waals surface area contributed by atoms with E-state index < -0.39 is 11.1 Å². The summed E-state index contributed by atoms with van der Waals surface area (Å²) >= 11 is 1.47. The van der Waals surface area contributed by atoms with Crippen LogP contribution in [0.3, 0.4) is 0 Å². The minimum Gasteiger partial charge on any atom is -0.772 e. The van der Waals surface area contributed by atoms with Gasteiger partial charge in [0.15, 0.2) is 0 Å². The molecular weight excluding hydrogens is 400 g/mol. The Bertz CT molecular complexity index is 722. The summed E-state index contributed by atoms with van der Waals surface area (Å²) in [6.07, 6.45) is 1.01. The van der Waals surface area contributed by atoms with Gasteiger partial charge in [-0.2, -0.15) is 0 Å². The maximum atomic E-state index is 10.7. The summed E-state index contributed by atoms with van der Waals surface area (Å²) in [7, 11) is 0. The summed E-state index contributed by atoms with van der Waals surface area (Å²) in [6, 6.07) is 12.7. The lowest BCUT2D eigenvalue weighted by atomic mass is 9.94. The number of halogens is 1. The van der Waals surface area contributed by atoms with Gasteiger partial charge in [0.2, 0.25) is 0 Å². The van der Waals surface area contributed by atoms with E-state index in [4.69, 9.17) is 4.74 Å². The Morgan fingerprint density at radius 1 is 1.20 bits per heavy atom. The number of alkyl halides is 1. The monoisotopic (exact) mass is 423 g/mol. The SMILES string of the molecule is Cc1cc(OCC(C)CS(=O)[O-])cc(C)c1-c1cccc(CCBr)c1. The molecule has 25 heavy (non-hydrogen) atoms. The first-order valence-corrected chi connectivity index (χ1v) is 10.7. The van der Waals surface area contributed by atoms with Gasteiger partial charge in [0.1, 0.15) is 5.75 Å². The van der Waals surface area contributed by atoms with E-state index >= 15 is 0 Å². The fourth-order valence-electron chi connectivity index (χ4n) is 2.97. The topological polar surface area (TPSA) is 49.4 Å². The predicted octanol–water partition coefficient (Wildman–Crippen LogP) is 4.80. The van der Waals surface area contributed by atoms with Crippen LogP contribution in [-0.2, 0) is 17.5 Å². The van der Waals surface area contributed by atoms with E-state index in [1.807, 2.05) is 19.1 Å². The third-order valence-electron chi connectivity index (χ3n) is 4.06. The van der Waals surface area contributed by atoms with Crippen LogP contribution in [0.25, 0.3) is 11.1 Å². The van der Waals surface area contributed by atoms with Crippen LogP contribution in [0.15, 0.2) is 36.4 Å². The van der Waals surface area contributed by atoms with Crippen LogP contribution < -0.4 is 4.74 Å². The first-order chi connectivity index (χ1) is 11.9. The van der Waals surface area contributed by atoms with Gasteiger partial charge in [-0.3, -0.25) is 4.21 Å². The molecule has 0 spiro atoms. The third kappa shape index (κ3) is 5.94. The van der Waals surface area contributed by atoms with Crippen molar-refractivity contribution in [3.05, 3.63) is 53.1 Å². The normalized spacial score (nSPS) is 13.5. The molecule has 0 saturated heterocycles. The van der Waals surface area contributed by atoms with Gasteiger partial charge >= 0.3 is 0 Å². The van der Waals surface area contributed by atoms with E-state index in [9.17, 15) is 8.76 Å². The van der Waals surface area contributed by atoms with Gasteiger partial charge in [-0.25, -0.2) is 0 Å². The minimum atomic E-state index is -2.03. The van der Waals surface area contributed by atoms with E-state index in [0.717, 1.165) is 28.6 Å². The number of hydrogen-bond donors (Lipinski definition) is 0. The molecule has 0 aliphatic carbocycles. The molecule has 136 valence electrons. The van der Waals surface area contributed by atoms with Crippen molar-refractivity contribution in [3.63, 3.8) is 0 Å². The summed E-state index contributed by atoms with van der Waals surface area (Å²) in [5.74, 6) is 0.884. The van der Waals surface area contributed by atoms with Crippen LogP contribution >= 0.6 is 15.9 Å². The Morgan fingerprint density at radius 3 is 2.48 bits per heavy atom. The molecular formula is C20H24BrO3S-. The predicted molar refractivity (Wildman–Crippen MR) is 107 cm³/mol. The molecule has 0 N–H and O–H groups in total. The molecule has 3 nitrogen and oxygen atoms in total. The van der Waals surface area contributed by atoms with Gasteiger partial charge in [-0.15, -0.1) is 0 Å². The van der Waals surface area contributed by atoms with Crippen molar-refractivity contribution in [3.8, 4) is 16.9 Å². The van der Waals surface area contributed by atoms with Gasteiger partial charge in [-0.05, 0) is 60.2 Å². The molecule has 0 saturated carbocycles. The maximum Gasteiger partial charge on any atom is 0.119 e. The van der Waals surface area contributed by atoms with Gasteiger partial charge in [0.05, 0.1) is 6.61 Å². The van der Waals surface area contributed by atoms with E-state index in [1.165, 1.54) is 16.7 Å². The third-order valence-corrected chi connectivity index (χ3v) is 5.30. The Morgan fingerprint density at radius 2 is 1.88 bits per heavy atom. The molecule has 0 bridgehead atoms. The fourth-order valence-corrected chi connectivity index (χ4v) is 3.99. The van der Waals surface area contributed by atoms with E-state index in [0.29, 0.717) is 6.61 Å². The summed E-state index contributed by atoms with van der Waals surface area (Å²) in [5, 5.41) is 0.952. The van der Waals surface area contributed by atoms with Gasteiger partial charge in [0, 0.05) is 17.0 Å². The van der Waals surface area contributed by atoms with Crippen molar-refractivity contribution in [2.75, 3.05) is 17.7 Å². The zero-order valence-corrected chi connectivity index (χ0v) is 17.3. The Hall–Kier alpha value is -1.17. The van der Waals surface area contributed by atoms with Crippen LogP contribution in [0, 0.1) is 19.8 Å². The van der Waals surface area contributed by atoms with E-state index in [-0.39, 0.29) is 11.7 Å². The average molecular weight is 424 g/mol. The smallest absolute Gasteiger partial charge is 0.119 e. The molecule has 0 aromatic heterocycles. The number of rotatable bonds is 8. The lowest BCUT2D eigenvalue weighted by Gasteiger charge is -2.17. The first-order valence-electron chi connectivity index (χ1n) is 8.36. The van der Waals surface area contributed by atoms with Crippen LogP contribution in [-0.4, -0.2) is 26.5 Å². The number of aryl methyl sites for hydroxylation is 3. The number of benzene rings is 2. The Balaban J connectivity index is 2.20. The second kappa shape index (κ2) is 9.51. The van der Waals surface area contributed by atoms with Crippen molar-refractivity contribution in [1.82, 2.24) is 0 Å². The molecule has 0 fully saturated rings. The zero-order chi connectivity index (χ0) is 18.4. The Kier molecular flexibility index (Phi) is 7.66. The second-order valence-corrected chi connectivity index (χ2v) is 8.19. The highest BCUT2D eigenvalue weighted by Gasteiger charge is 2.10. The zero-order valence-electron chi connectivity index (χ0n) is 14.9. The van der Waals surface area contributed by atoms with Crippen molar-refractivity contribution in [2.24, 2.45) is 5.92 Å². The van der Waals surface area contributed by atoms with Gasteiger partial charge < -0.3 is 9.29 Å². The summed E-state index contributed by atoms with van der Waals surface area (Å²) in [5.41, 5.74) is 6.08. The highest BCUT2D eigenvalue weighted by molar-refractivity contribution is 9.09. The van der Waals surface area contributed by atoms with Crippen molar-refractivity contribution < 1.29 is 13.5 Å². The molecule has 5 heteroatoms. The lowest BCUT2D eigenvalue weighted by Crippen LogP contribution is -2.15. The van der Waals surface area contributed by atoms with Crippen LogP contribution in [0.2, 0.25) is 0 Å². The fraction of sp³-hybridized carbons (Fsp3) is 0.400. The number of hydrogen-bond acceptors (Lipinski definition) is 3.